The smallest absolute Gasteiger partial charge is 0.377 e. The van der Waals surface area contributed by atoms with Crippen molar-refractivity contribution in [1.82, 2.24) is 5.32 Å². The maximum absolute atomic E-state index is 13.5. The van der Waals surface area contributed by atoms with Crippen LogP contribution in [0.25, 0.3) is 0 Å². The molecule has 27 heavy (non-hydrogen) atoms. The van der Waals surface area contributed by atoms with Crippen molar-refractivity contribution in [1.29, 1.82) is 0 Å². The minimum atomic E-state index is -2.92. The predicted octanol–water partition coefficient (Wildman–Crippen LogP) is 3.55. The summed E-state index contributed by atoms with van der Waals surface area (Å²) in [7, 11) is -0.0604. The van der Waals surface area contributed by atoms with Gasteiger partial charge in [0.15, 0.2) is 23.3 Å². The molecule has 1 rings (SSSR count). The van der Waals surface area contributed by atoms with Crippen molar-refractivity contribution in [2.45, 2.75) is 32.4 Å². The molecule has 0 bridgehead atoms. The van der Waals surface area contributed by atoms with E-state index in [1.165, 1.54) is 14.2 Å². The summed E-state index contributed by atoms with van der Waals surface area (Å²) in [4.78, 5) is 11.7. The molecular formula is C15H21F5N2O4Si. The molecule has 0 radical (unpaired) electrons. The summed E-state index contributed by atoms with van der Waals surface area (Å²) in [5.74, 6) is -10.9. The van der Waals surface area contributed by atoms with Gasteiger partial charge in [-0.1, -0.05) is 0 Å². The molecule has 0 aliphatic carbocycles. The zero-order valence-electron chi connectivity index (χ0n) is 15.2. The number of halogens is 5. The number of carbonyl (C=O) groups excluding carboxylic acids is 1. The number of hydrogen-bond acceptors (Lipinski definition) is 4. The molecule has 2 amide bonds. The summed E-state index contributed by atoms with van der Waals surface area (Å²) in [6.45, 7) is 3.62. The molecule has 0 spiro atoms. The van der Waals surface area contributed by atoms with E-state index >= 15 is 0 Å². The van der Waals surface area contributed by atoms with Crippen LogP contribution >= 0.6 is 0 Å². The zero-order valence-corrected chi connectivity index (χ0v) is 16.2. The fraction of sp³-hybridized carbons (Fsp3) is 0.533. The number of amides is 2. The number of urea groups is 1. The van der Waals surface area contributed by atoms with Gasteiger partial charge in [-0.25, -0.2) is 26.7 Å². The highest BCUT2D eigenvalue weighted by molar-refractivity contribution is 6.60. The molecule has 0 aromatic heterocycles. The number of hydrogen-bond donors (Lipinski definition) is 2. The molecule has 0 saturated heterocycles. The van der Waals surface area contributed by atoms with Crippen LogP contribution < -0.4 is 10.6 Å². The van der Waals surface area contributed by atoms with E-state index in [2.05, 4.69) is 5.32 Å². The van der Waals surface area contributed by atoms with Crippen LogP contribution in [0.3, 0.4) is 0 Å². The topological polar surface area (TPSA) is 68.8 Å². The van der Waals surface area contributed by atoms with Crippen molar-refractivity contribution in [3.05, 3.63) is 29.1 Å². The first-order valence-electron chi connectivity index (χ1n) is 7.93. The molecule has 0 fully saturated rings. The van der Waals surface area contributed by atoms with Crippen LogP contribution in [0.4, 0.5) is 32.4 Å². The highest BCUT2D eigenvalue weighted by atomic mass is 28.4. The first kappa shape index (κ1) is 23.3. The standard InChI is InChI=1S/C15H21F5N2O4Si/c1-8(2)26-27(24-3,25-4)7-5-6-21-15(23)22-14-12(19)10(17)9(16)11(18)13(14)20/h8H,5-7H2,1-4H3,(H2,21,22,23). The largest absolute Gasteiger partial charge is 0.500 e. The average Bonchev–Trinajstić information content (AvgIpc) is 2.64. The molecule has 154 valence electrons. The summed E-state index contributed by atoms with van der Waals surface area (Å²) in [5.41, 5.74) is -1.43. The Morgan fingerprint density at radius 3 is 1.89 bits per heavy atom. The number of anilines is 1. The molecule has 1 aromatic rings. The van der Waals surface area contributed by atoms with Crippen molar-refractivity contribution in [3.63, 3.8) is 0 Å². The molecule has 0 aliphatic heterocycles. The predicted molar refractivity (Wildman–Crippen MR) is 88.7 cm³/mol. The van der Waals surface area contributed by atoms with Crippen molar-refractivity contribution in [2.75, 3.05) is 26.1 Å². The van der Waals surface area contributed by atoms with Crippen LogP contribution in [-0.4, -0.2) is 41.7 Å². The summed E-state index contributed by atoms with van der Waals surface area (Å²) in [6, 6.07) is -0.800. The van der Waals surface area contributed by atoms with Gasteiger partial charge in [-0.15, -0.1) is 0 Å². The molecule has 0 unspecified atom stereocenters. The summed E-state index contributed by atoms with van der Waals surface area (Å²) >= 11 is 0. The lowest BCUT2D eigenvalue weighted by Gasteiger charge is -2.28. The second-order valence-corrected chi connectivity index (χ2v) is 8.61. The molecule has 2 N–H and O–H groups in total. The van der Waals surface area contributed by atoms with Crippen LogP contribution in [0, 0.1) is 29.1 Å². The molecule has 1 aromatic carbocycles. The van der Waals surface area contributed by atoms with Gasteiger partial charge in [-0.05, 0) is 20.3 Å². The third kappa shape index (κ3) is 5.86. The second kappa shape index (κ2) is 9.97. The minimum Gasteiger partial charge on any atom is -0.377 e. The highest BCUT2D eigenvalue weighted by Gasteiger charge is 2.39. The Bertz CT molecular complexity index is 645. The lowest BCUT2D eigenvalue weighted by atomic mass is 10.2. The Balaban J connectivity index is 2.65. The van der Waals surface area contributed by atoms with Gasteiger partial charge in [0.25, 0.3) is 0 Å². The van der Waals surface area contributed by atoms with Gasteiger partial charge in [0.2, 0.25) is 5.82 Å². The number of benzene rings is 1. The fourth-order valence-corrected chi connectivity index (χ4v) is 4.39. The Hall–Kier alpha value is -1.76. The van der Waals surface area contributed by atoms with E-state index in [9.17, 15) is 26.7 Å². The SMILES string of the molecule is CO[Si](CCCNC(=O)Nc1c(F)c(F)c(F)c(F)c1F)(OC)OC(C)C. The average molecular weight is 416 g/mol. The normalized spacial score (nSPS) is 11.8. The lowest BCUT2D eigenvalue weighted by Crippen LogP contribution is -2.46. The van der Waals surface area contributed by atoms with Crippen LogP contribution in [-0.2, 0) is 13.3 Å². The van der Waals surface area contributed by atoms with Gasteiger partial charge in [0.1, 0.15) is 5.69 Å². The van der Waals surface area contributed by atoms with Gasteiger partial charge in [0, 0.05) is 32.9 Å². The monoisotopic (exact) mass is 416 g/mol. The highest BCUT2D eigenvalue weighted by Crippen LogP contribution is 2.27. The van der Waals surface area contributed by atoms with Crippen molar-refractivity contribution < 1.29 is 40.0 Å². The molecular weight excluding hydrogens is 395 g/mol. The van der Waals surface area contributed by atoms with Crippen LogP contribution in [0.15, 0.2) is 0 Å². The van der Waals surface area contributed by atoms with E-state index in [4.69, 9.17) is 13.3 Å². The van der Waals surface area contributed by atoms with E-state index in [1.54, 1.807) is 19.2 Å². The Kier molecular flexibility index (Phi) is 8.59. The summed E-state index contributed by atoms with van der Waals surface area (Å²) < 4.78 is 82.5. The second-order valence-electron chi connectivity index (χ2n) is 5.69. The quantitative estimate of drug-likeness (QED) is 0.212. The van der Waals surface area contributed by atoms with Crippen LogP contribution in [0.5, 0.6) is 0 Å². The number of carbonyl (C=O) groups is 1. The Morgan fingerprint density at radius 1 is 0.963 bits per heavy atom. The van der Waals surface area contributed by atoms with E-state index in [0.717, 1.165) is 0 Å². The lowest BCUT2D eigenvalue weighted by molar-refractivity contribution is 0.0695. The van der Waals surface area contributed by atoms with Gasteiger partial charge >= 0.3 is 14.8 Å². The number of rotatable bonds is 9. The third-order valence-corrected chi connectivity index (χ3v) is 6.47. The molecule has 0 saturated carbocycles. The Labute approximate surface area is 154 Å². The molecule has 12 heteroatoms. The van der Waals surface area contributed by atoms with Gasteiger partial charge in [0.05, 0.1) is 0 Å². The van der Waals surface area contributed by atoms with Gasteiger partial charge in [-0.2, -0.15) is 0 Å². The van der Waals surface area contributed by atoms with Crippen LogP contribution in [0.2, 0.25) is 6.04 Å². The van der Waals surface area contributed by atoms with Crippen molar-refractivity contribution in [2.24, 2.45) is 0 Å². The van der Waals surface area contributed by atoms with E-state index < -0.39 is 49.6 Å². The molecule has 0 aliphatic rings. The van der Waals surface area contributed by atoms with Gasteiger partial charge < -0.3 is 23.9 Å². The minimum absolute atomic E-state index is 0.0180. The first-order chi connectivity index (χ1) is 12.6. The fourth-order valence-electron chi connectivity index (χ4n) is 2.18. The first-order valence-corrected chi connectivity index (χ1v) is 9.86. The summed E-state index contributed by atoms with van der Waals surface area (Å²) in [5, 5.41) is 3.86. The van der Waals surface area contributed by atoms with Crippen LogP contribution in [0.1, 0.15) is 20.3 Å². The van der Waals surface area contributed by atoms with Gasteiger partial charge in [-0.3, -0.25) is 0 Å². The molecule has 0 atom stereocenters. The summed E-state index contributed by atoms with van der Waals surface area (Å²) in [6.07, 6.45) is 0.174. The maximum atomic E-state index is 13.5. The van der Waals surface area contributed by atoms with E-state index in [1.807, 2.05) is 0 Å². The Morgan fingerprint density at radius 2 is 1.44 bits per heavy atom. The van der Waals surface area contributed by atoms with E-state index in [0.29, 0.717) is 12.5 Å². The maximum Gasteiger partial charge on any atom is 0.500 e. The van der Waals surface area contributed by atoms with Crippen molar-refractivity contribution in [3.8, 4) is 0 Å². The van der Waals surface area contributed by atoms with E-state index in [-0.39, 0.29) is 12.6 Å². The molecule has 0 heterocycles. The number of nitrogens with one attached hydrogen (secondary N) is 2. The van der Waals surface area contributed by atoms with Crippen molar-refractivity contribution >= 4 is 20.5 Å². The zero-order chi connectivity index (χ0) is 20.8. The molecule has 6 nitrogen and oxygen atoms in total. The third-order valence-electron chi connectivity index (χ3n) is 3.43.